The number of amides is 1. The van der Waals surface area contributed by atoms with Crippen molar-refractivity contribution in [2.24, 2.45) is 5.92 Å². The van der Waals surface area contributed by atoms with Crippen molar-refractivity contribution >= 4 is 5.91 Å². The molecule has 0 saturated carbocycles. The molecule has 1 aliphatic rings. The number of benzene rings is 1. The molecule has 1 heterocycles. The Morgan fingerprint density at radius 1 is 1.48 bits per heavy atom. The van der Waals surface area contributed by atoms with Crippen molar-refractivity contribution in [2.75, 3.05) is 26.7 Å². The van der Waals surface area contributed by atoms with E-state index in [-0.39, 0.29) is 5.91 Å². The van der Waals surface area contributed by atoms with Crippen molar-refractivity contribution in [3.63, 3.8) is 0 Å². The van der Waals surface area contributed by atoms with Crippen molar-refractivity contribution in [1.29, 1.82) is 0 Å². The molecule has 1 atom stereocenters. The molecular formula is C17H26N2O2. The van der Waals surface area contributed by atoms with Gasteiger partial charge in [-0.1, -0.05) is 19.9 Å². The first-order valence-corrected chi connectivity index (χ1v) is 7.70. The van der Waals surface area contributed by atoms with Gasteiger partial charge >= 0.3 is 0 Å². The van der Waals surface area contributed by atoms with E-state index in [4.69, 9.17) is 4.74 Å². The quantitative estimate of drug-likeness (QED) is 0.906. The molecule has 0 unspecified atom stereocenters. The molecule has 21 heavy (non-hydrogen) atoms. The fourth-order valence-electron chi connectivity index (χ4n) is 2.92. The third-order valence-electron chi connectivity index (χ3n) is 4.03. The van der Waals surface area contributed by atoms with Crippen molar-refractivity contribution in [3.05, 3.63) is 29.3 Å². The van der Waals surface area contributed by atoms with Gasteiger partial charge in [0.25, 0.3) is 5.91 Å². The molecule has 0 spiro atoms. The minimum Gasteiger partial charge on any atom is -0.496 e. The summed E-state index contributed by atoms with van der Waals surface area (Å²) in [5, 5.41) is 3.35. The summed E-state index contributed by atoms with van der Waals surface area (Å²) < 4.78 is 5.34. The van der Waals surface area contributed by atoms with E-state index >= 15 is 0 Å². The lowest BCUT2D eigenvalue weighted by Gasteiger charge is -2.31. The van der Waals surface area contributed by atoms with Crippen LogP contribution in [0.15, 0.2) is 18.2 Å². The monoisotopic (exact) mass is 290 g/mol. The highest BCUT2D eigenvalue weighted by atomic mass is 16.5. The largest absolute Gasteiger partial charge is 0.496 e. The van der Waals surface area contributed by atoms with Crippen LogP contribution in [0, 0.1) is 12.8 Å². The van der Waals surface area contributed by atoms with Gasteiger partial charge in [-0.3, -0.25) is 4.79 Å². The lowest BCUT2D eigenvalue weighted by Crippen LogP contribution is -2.43. The molecule has 0 radical (unpaired) electrons. The lowest BCUT2D eigenvalue weighted by molar-refractivity contribution is 0.0666. The average Bonchev–Trinajstić information content (AvgIpc) is 2.98. The molecule has 1 saturated heterocycles. The summed E-state index contributed by atoms with van der Waals surface area (Å²) in [6, 6.07) is 5.98. The van der Waals surface area contributed by atoms with Crippen molar-refractivity contribution in [2.45, 2.75) is 33.2 Å². The second-order valence-electron chi connectivity index (χ2n) is 6.13. The maximum Gasteiger partial charge on any atom is 0.254 e. The summed E-state index contributed by atoms with van der Waals surface area (Å²) in [5.74, 6) is 1.35. The molecule has 1 aromatic carbocycles. The van der Waals surface area contributed by atoms with Crippen LogP contribution in [-0.4, -0.2) is 43.6 Å². The van der Waals surface area contributed by atoms with Crippen LogP contribution >= 0.6 is 0 Å². The molecule has 1 amide bonds. The van der Waals surface area contributed by atoms with Gasteiger partial charge in [0.1, 0.15) is 5.75 Å². The molecule has 1 aliphatic heterocycles. The zero-order chi connectivity index (χ0) is 15.4. The van der Waals surface area contributed by atoms with Gasteiger partial charge < -0.3 is 15.0 Å². The highest BCUT2D eigenvalue weighted by Crippen LogP contribution is 2.24. The van der Waals surface area contributed by atoms with E-state index in [1.54, 1.807) is 7.11 Å². The zero-order valence-corrected chi connectivity index (χ0v) is 13.5. The highest BCUT2D eigenvalue weighted by molar-refractivity contribution is 5.96. The number of hydrogen-bond donors (Lipinski definition) is 1. The SMILES string of the molecule is COc1cccc(C(=O)N(CC(C)C)[C@@H]2CCNC2)c1C. The number of rotatable bonds is 5. The molecule has 2 rings (SSSR count). The Labute approximate surface area is 127 Å². The second kappa shape index (κ2) is 6.94. The smallest absolute Gasteiger partial charge is 0.254 e. The van der Waals surface area contributed by atoms with Gasteiger partial charge in [0.2, 0.25) is 0 Å². The Bertz CT molecular complexity index is 494. The van der Waals surface area contributed by atoms with E-state index in [0.29, 0.717) is 12.0 Å². The molecule has 4 heteroatoms. The molecular weight excluding hydrogens is 264 g/mol. The normalized spacial score (nSPS) is 18.0. The van der Waals surface area contributed by atoms with E-state index in [2.05, 4.69) is 19.2 Å². The number of ether oxygens (including phenoxy) is 1. The van der Waals surface area contributed by atoms with E-state index in [9.17, 15) is 4.79 Å². The number of nitrogens with zero attached hydrogens (tertiary/aromatic N) is 1. The lowest BCUT2D eigenvalue weighted by atomic mass is 10.0. The summed E-state index contributed by atoms with van der Waals surface area (Å²) in [7, 11) is 1.64. The zero-order valence-electron chi connectivity index (χ0n) is 13.5. The Hall–Kier alpha value is -1.55. The molecule has 0 aromatic heterocycles. The van der Waals surface area contributed by atoms with Gasteiger partial charge in [-0.2, -0.15) is 0 Å². The van der Waals surface area contributed by atoms with Crippen LogP contribution in [0.1, 0.15) is 36.2 Å². The molecule has 1 aromatic rings. The summed E-state index contributed by atoms with van der Waals surface area (Å²) >= 11 is 0. The number of methoxy groups -OCH3 is 1. The Morgan fingerprint density at radius 3 is 2.81 bits per heavy atom. The van der Waals surface area contributed by atoms with Gasteiger partial charge in [0.15, 0.2) is 0 Å². The highest BCUT2D eigenvalue weighted by Gasteiger charge is 2.28. The van der Waals surface area contributed by atoms with Crippen molar-refractivity contribution in [3.8, 4) is 5.75 Å². The van der Waals surface area contributed by atoms with Gasteiger partial charge in [0.05, 0.1) is 7.11 Å². The number of nitrogens with one attached hydrogen (secondary N) is 1. The van der Waals surface area contributed by atoms with E-state index < -0.39 is 0 Å². The van der Waals surface area contributed by atoms with Gasteiger partial charge in [-0.15, -0.1) is 0 Å². The minimum absolute atomic E-state index is 0.119. The standard InChI is InChI=1S/C17H26N2O2/c1-12(2)11-19(14-8-9-18-10-14)17(20)15-6-5-7-16(21-4)13(15)3/h5-7,12,14,18H,8-11H2,1-4H3/t14-/m1/s1. The first kappa shape index (κ1) is 15.8. The van der Waals surface area contributed by atoms with Crippen LogP contribution in [0.25, 0.3) is 0 Å². The Kier molecular flexibility index (Phi) is 5.23. The van der Waals surface area contributed by atoms with Gasteiger partial charge in [0, 0.05) is 30.3 Å². The first-order chi connectivity index (χ1) is 10.0. The molecule has 1 N–H and O–H groups in total. The van der Waals surface area contributed by atoms with Gasteiger partial charge in [-0.25, -0.2) is 0 Å². The van der Waals surface area contributed by atoms with Crippen LogP contribution in [0.2, 0.25) is 0 Å². The molecule has 1 fully saturated rings. The maximum absolute atomic E-state index is 13.0. The molecule has 4 nitrogen and oxygen atoms in total. The van der Waals surface area contributed by atoms with E-state index in [0.717, 1.165) is 42.9 Å². The molecule has 116 valence electrons. The number of hydrogen-bond acceptors (Lipinski definition) is 3. The third kappa shape index (κ3) is 3.56. The summed E-state index contributed by atoms with van der Waals surface area (Å²) in [4.78, 5) is 15.0. The van der Waals surface area contributed by atoms with E-state index in [1.807, 2.05) is 30.0 Å². The van der Waals surface area contributed by atoms with Crippen LogP contribution < -0.4 is 10.1 Å². The predicted molar refractivity (Wildman–Crippen MR) is 84.9 cm³/mol. The fraction of sp³-hybridized carbons (Fsp3) is 0.588. The topological polar surface area (TPSA) is 41.6 Å². The fourth-order valence-corrected chi connectivity index (χ4v) is 2.92. The van der Waals surface area contributed by atoms with E-state index in [1.165, 1.54) is 0 Å². The second-order valence-corrected chi connectivity index (χ2v) is 6.13. The minimum atomic E-state index is 0.119. The summed E-state index contributed by atoms with van der Waals surface area (Å²) in [6.45, 7) is 8.93. The maximum atomic E-state index is 13.0. The van der Waals surface area contributed by atoms with Crippen LogP contribution in [0.5, 0.6) is 5.75 Å². The summed E-state index contributed by atoms with van der Waals surface area (Å²) in [6.07, 6.45) is 1.03. The Balaban J connectivity index is 2.29. The number of carbonyl (C=O) groups is 1. The van der Waals surface area contributed by atoms with Crippen LogP contribution in [0.3, 0.4) is 0 Å². The summed E-state index contributed by atoms with van der Waals surface area (Å²) in [5.41, 5.74) is 1.67. The molecule has 0 bridgehead atoms. The van der Waals surface area contributed by atoms with Crippen LogP contribution in [-0.2, 0) is 0 Å². The average molecular weight is 290 g/mol. The first-order valence-electron chi connectivity index (χ1n) is 7.70. The molecule has 0 aliphatic carbocycles. The number of carbonyl (C=O) groups excluding carboxylic acids is 1. The van der Waals surface area contributed by atoms with Crippen LogP contribution in [0.4, 0.5) is 0 Å². The predicted octanol–water partition coefficient (Wildman–Crippen LogP) is 2.46. The van der Waals surface area contributed by atoms with Gasteiger partial charge in [-0.05, 0) is 37.9 Å². The Morgan fingerprint density at radius 2 is 2.24 bits per heavy atom. The van der Waals surface area contributed by atoms with Crippen molar-refractivity contribution < 1.29 is 9.53 Å². The van der Waals surface area contributed by atoms with Crippen molar-refractivity contribution in [1.82, 2.24) is 10.2 Å². The third-order valence-corrected chi connectivity index (χ3v) is 4.03.